The second-order valence-electron chi connectivity index (χ2n) is 6.83. The molecule has 0 radical (unpaired) electrons. The molecule has 0 saturated heterocycles. The average Bonchev–Trinajstić information content (AvgIpc) is 3.46. The maximum absolute atomic E-state index is 12.4. The van der Waals surface area contributed by atoms with Gasteiger partial charge in [0.05, 0.1) is 28.4 Å². The fraction of sp³-hybridized carbons (Fsp3) is 0.174. The zero-order chi connectivity index (χ0) is 22.3. The molecule has 0 aliphatic carbocycles. The predicted octanol–water partition coefficient (Wildman–Crippen LogP) is 5.37. The summed E-state index contributed by atoms with van der Waals surface area (Å²) in [7, 11) is 1.59. The Morgan fingerprint density at radius 1 is 1.09 bits per heavy atom. The van der Waals surface area contributed by atoms with Crippen LogP contribution in [0.15, 0.2) is 60.2 Å². The number of nitrogens with one attached hydrogen (secondary N) is 1. The van der Waals surface area contributed by atoms with Crippen LogP contribution in [0.2, 0.25) is 4.34 Å². The van der Waals surface area contributed by atoms with Crippen molar-refractivity contribution < 1.29 is 14.3 Å². The first-order chi connectivity index (χ1) is 15.6. The van der Waals surface area contributed by atoms with Crippen LogP contribution >= 0.6 is 34.3 Å². The van der Waals surface area contributed by atoms with E-state index in [0.717, 1.165) is 31.0 Å². The van der Waals surface area contributed by atoms with Gasteiger partial charge in [-0.1, -0.05) is 17.7 Å². The van der Waals surface area contributed by atoms with Crippen molar-refractivity contribution in [2.45, 2.75) is 19.6 Å². The minimum atomic E-state index is -0.0944. The number of hydrogen-bond acceptors (Lipinski definition) is 7. The lowest BCUT2D eigenvalue weighted by Gasteiger charge is -2.12. The van der Waals surface area contributed by atoms with Crippen LogP contribution < -0.4 is 14.8 Å². The first kappa shape index (κ1) is 22.3. The van der Waals surface area contributed by atoms with Crippen LogP contribution in [-0.4, -0.2) is 23.0 Å². The van der Waals surface area contributed by atoms with Gasteiger partial charge in [0, 0.05) is 24.3 Å². The van der Waals surface area contributed by atoms with Gasteiger partial charge < -0.3 is 14.8 Å². The lowest BCUT2D eigenvalue weighted by molar-refractivity contribution is -0.120. The molecule has 0 unspecified atom stereocenters. The third kappa shape index (κ3) is 5.85. The number of halogens is 1. The summed E-state index contributed by atoms with van der Waals surface area (Å²) in [6, 6.07) is 13.2. The smallest absolute Gasteiger partial charge is 0.226 e. The molecule has 6 nitrogen and oxygen atoms in total. The number of benzene rings is 1. The van der Waals surface area contributed by atoms with Crippen LogP contribution in [0.4, 0.5) is 0 Å². The van der Waals surface area contributed by atoms with Crippen LogP contribution in [0, 0.1) is 0 Å². The molecule has 0 spiro atoms. The van der Waals surface area contributed by atoms with E-state index in [1.54, 1.807) is 19.5 Å². The molecule has 0 aliphatic heterocycles. The summed E-state index contributed by atoms with van der Waals surface area (Å²) in [5.41, 5.74) is 2.67. The Balaban J connectivity index is 1.31. The Labute approximate surface area is 198 Å². The third-order valence-electron chi connectivity index (χ3n) is 4.54. The van der Waals surface area contributed by atoms with E-state index >= 15 is 0 Å². The SMILES string of the molecule is COc1cc(CNC(=O)Cc2csc(-c3ccc(Cl)s3)n2)ccc1OCc1ccncc1. The van der Waals surface area contributed by atoms with Crippen molar-refractivity contribution in [3.05, 3.63) is 81.4 Å². The van der Waals surface area contributed by atoms with E-state index in [0.29, 0.717) is 24.7 Å². The van der Waals surface area contributed by atoms with Crippen LogP contribution in [0.5, 0.6) is 11.5 Å². The lowest BCUT2D eigenvalue weighted by atomic mass is 10.2. The molecule has 164 valence electrons. The maximum Gasteiger partial charge on any atom is 0.226 e. The number of carbonyl (C=O) groups is 1. The molecule has 3 heterocycles. The van der Waals surface area contributed by atoms with Gasteiger partial charge in [-0.05, 0) is 47.5 Å². The Bertz CT molecular complexity index is 1190. The molecule has 0 saturated carbocycles. The number of nitrogens with zero attached hydrogens (tertiary/aromatic N) is 2. The van der Waals surface area contributed by atoms with E-state index in [-0.39, 0.29) is 12.3 Å². The Kier molecular flexibility index (Phi) is 7.36. The molecule has 0 bridgehead atoms. The number of amides is 1. The van der Waals surface area contributed by atoms with Gasteiger partial charge >= 0.3 is 0 Å². The van der Waals surface area contributed by atoms with Gasteiger partial charge in [-0.15, -0.1) is 22.7 Å². The molecule has 1 aromatic carbocycles. The molecule has 0 atom stereocenters. The normalized spacial score (nSPS) is 10.7. The van der Waals surface area contributed by atoms with Gasteiger partial charge in [-0.3, -0.25) is 9.78 Å². The summed E-state index contributed by atoms with van der Waals surface area (Å²) in [5, 5.41) is 5.71. The molecule has 4 rings (SSSR count). The van der Waals surface area contributed by atoms with Crippen molar-refractivity contribution in [3.8, 4) is 21.4 Å². The summed E-state index contributed by atoms with van der Waals surface area (Å²) >= 11 is 8.97. The summed E-state index contributed by atoms with van der Waals surface area (Å²) in [6.45, 7) is 0.805. The number of carbonyl (C=O) groups excluding carboxylic acids is 1. The van der Waals surface area contributed by atoms with Crippen molar-refractivity contribution in [3.63, 3.8) is 0 Å². The van der Waals surface area contributed by atoms with Crippen molar-refractivity contribution in [1.82, 2.24) is 15.3 Å². The van der Waals surface area contributed by atoms with Gasteiger partial charge in [0.1, 0.15) is 11.6 Å². The predicted molar refractivity (Wildman–Crippen MR) is 128 cm³/mol. The Hall–Kier alpha value is -2.94. The van der Waals surface area contributed by atoms with E-state index in [1.165, 1.54) is 22.7 Å². The van der Waals surface area contributed by atoms with Gasteiger partial charge in [-0.25, -0.2) is 4.98 Å². The molecule has 9 heteroatoms. The van der Waals surface area contributed by atoms with Gasteiger partial charge in [0.15, 0.2) is 11.5 Å². The van der Waals surface area contributed by atoms with E-state index in [1.807, 2.05) is 47.8 Å². The zero-order valence-corrected chi connectivity index (χ0v) is 19.6. The van der Waals surface area contributed by atoms with E-state index in [2.05, 4.69) is 15.3 Å². The minimum absolute atomic E-state index is 0.0944. The number of pyridine rings is 1. The highest BCUT2D eigenvalue weighted by molar-refractivity contribution is 7.23. The summed E-state index contributed by atoms with van der Waals surface area (Å²) < 4.78 is 12.0. The van der Waals surface area contributed by atoms with E-state index in [4.69, 9.17) is 21.1 Å². The average molecular weight is 486 g/mol. The summed E-state index contributed by atoms with van der Waals surface area (Å²) in [4.78, 5) is 21.9. The van der Waals surface area contributed by atoms with Crippen molar-refractivity contribution >= 4 is 40.2 Å². The summed E-state index contributed by atoms with van der Waals surface area (Å²) in [5.74, 6) is 1.16. The first-order valence-corrected chi connectivity index (χ1v) is 11.8. The molecule has 3 aromatic heterocycles. The lowest BCUT2D eigenvalue weighted by Crippen LogP contribution is -2.24. The van der Waals surface area contributed by atoms with Crippen molar-refractivity contribution in [2.24, 2.45) is 0 Å². The number of rotatable bonds is 9. The Morgan fingerprint density at radius 3 is 2.69 bits per heavy atom. The molecule has 1 N–H and O–H groups in total. The molecule has 0 aliphatic rings. The minimum Gasteiger partial charge on any atom is -0.493 e. The molecule has 4 aromatic rings. The second-order valence-corrected chi connectivity index (χ2v) is 9.40. The van der Waals surface area contributed by atoms with Crippen molar-refractivity contribution in [1.29, 1.82) is 0 Å². The number of thiazole rings is 1. The highest BCUT2D eigenvalue weighted by atomic mass is 35.5. The molecular formula is C23H20ClN3O3S2. The van der Waals surface area contributed by atoms with Crippen LogP contribution in [0.25, 0.3) is 9.88 Å². The van der Waals surface area contributed by atoms with Gasteiger partial charge in [-0.2, -0.15) is 0 Å². The van der Waals surface area contributed by atoms with Crippen LogP contribution in [0.1, 0.15) is 16.8 Å². The van der Waals surface area contributed by atoms with E-state index < -0.39 is 0 Å². The summed E-state index contributed by atoms with van der Waals surface area (Å²) in [6.07, 6.45) is 3.68. The number of aromatic nitrogens is 2. The first-order valence-electron chi connectivity index (χ1n) is 9.76. The number of methoxy groups -OCH3 is 1. The standard InChI is InChI=1S/C23H20ClN3O3S2/c1-29-19-10-16(2-3-18(19)30-13-15-6-8-25-9-7-15)12-26-22(28)11-17-14-31-23(27-17)20-4-5-21(24)32-20/h2-10,14H,11-13H2,1H3,(H,26,28). The molecule has 0 fully saturated rings. The molecule has 32 heavy (non-hydrogen) atoms. The number of hydrogen-bond donors (Lipinski definition) is 1. The van der Waals surface area contributed by atoms with Crippen LogP contribution in [0.3, 0.4) is 0 Å². The zero-order valence-electron chi connectivity index (χ0n) is 17.2. The topological polar surface area (TPSA) is 73.3 Å². The number of ether oxygens (including phenoxy) is 2. The maximum atomic E-state index is 12.4. The molecular weight excluding hydrogens is 466 g/mol. The molecule has 1 amide bonds. The number of thiophene rings is 1. The quantitative estimate of drug-likeness (QED) is 0.345. The largest absolute Gasteiger partial charge is 0.493 e. The van der Waals surface area contributed by atoms with Gasteiger partial charge in [0.25, 0.3) is 0 Å². The fourth-order valence-corrected chi connectivity index (χ4v) is 4.87. The fourth-order valence-electron chi connectivity index (χ4n) is 2.94. The van der Waals surface area contributed by atoms with E-state index in [9.17, 15) is 4.79 Å². The third-order valence-corrected chi connectivity index (χ3v) is 6.83. The highest BCUT2D eigenvalue weighted by Gasteiger charge is 2.12. The van der Waals surface area contributed by atoms with Crippen LogP contribution in [-0.2, 0) is 24.4 Å². The second kappa shape index (κ2) is 10.6. The van der Waals surface area contributed by atoms with Crippen molar-refractivity contribution in [2.75, 3.05) is 7.11 Å². The Morgan fingerprint density at radius 2 is 1.94 bits per heavy atom. The highest BCUT2D eigenvalue weighted by Crippen LogP contribution is 2.33. The van der Waals surface area contributed by atoms with Gasteiger partial charge in [0.2, 0.25) is 5.91 Å². The monoisotopic (exact) mass is 485 g/mol.